The summed E-state index contributed by atoms with van der Waals surface area (Å²) in [6, 6.07) is 7.96. The highest BCUT2D eigenvalue weighted by molar-refractivity contribution is 9.10. The van der Waals surface area contributed by atoms with Crippen molar-refractivity contribution in [3.63, 3.8) is 0 Å². The lowest BCUT2D eigenvalue weighted by molar-refractivity contribution is -0.138. The van der Waals surface area contributed by atoms with Crippen molar-refractivity contribution in [2.45, 2.75) is 39.7 Å². The maximum atomic E-state index is 12.5. The van der Waals surface area contributed by atoms with Gasteiger partial charge in [-0.1, -0.05) is 41.9 Å². The van der Waals surface area contributed by atoms with Crippen LogP contribution >= 0.6 is 15.9 Å². The van der Waals surface area contributed by atoms with Gasteiger partial charge in [0, 0.05) is 29.4 Å². The Hall–Kier alpha value is -1.36. The fourth-order valence-corrected chi connectivity index (χ4v) is 3.33. The minimum Gasteiger partial charge on any atom is -0.349 e. The van der Waals surface area contributed by atoms with E-state index in [-0.39, 0.29) is 29.7 Å². The summed E-state index contributed by atoms with van der Waals surface area (Å²) >= 11 is 3.45. The van der Waals surface area contributed by atoms with Crippen molar-refractivity contribution in [3.05, 3.63) is 34.3 Å². The second-order valence-electron chi connectivity index (χ2n) is 6.54. The Morgan fingerprint density at radius 3 is 2.43 bits per heavy atom. The standard InChI is InChI=1S/C18H25BrN2O2/c1-12(2)18(23)21-9-7-14(8-10-21)17(22)20-13(3)15-5-4-6-16(19)11-15/h4-6,11-14H,7-10H2,1-3H3,(H,20,22). The summed E-state index contributed by atoms with van der Waals surface area (Å²) in [6.45, 7) is 7.19. The van der Waals surface area contributed by atoms with Gasteiger partial charge in [-0.2, -0.15) is 0 Å². The number of hydrogen-bond donors (Lipinski definition) is 1. The van der Waals surface area contributed by atoms with E-state index in [4.69, 9.17) is 0 Å². The van der Waals surface area contributed by atoms with Crippen molar-refractivity contribution < 1.29 is 9.59 Å². The minimum absolute atomic E-state index is 0.000755. The molecule has 126 valence electrons. The zero-order valence-corrected chi connectivity index (χ0v) is 15.6. The second-order valence-corrected chi connectivity index (χ2v) is 7.46. The second kappa shape index (κ2) is 7.95. The Bertz CT molecular complexity index is 566. The van der Waals surface area contributed by atoms with Crippen LogP contribution in [-0.2, 0) is 9.59 Å². The number of carbonyl (C=O) groups excluding carboxylic acids is 2. The molecule has 1 aliphatic rings. The third-order valence-electron chi connectivity index (χ3n) is 4.38. The first-order chi connectivity index (χ1) is 10.9. The first kappa shape index (κ1) is 18.0. The monoisotopic (exact) mass is 380 g/mol. The van der Waals surface area contributed by atoms with Crippen LogP contribution in [0.4, 0.5) is 0 Å². The van der Waals surface area contributed by atoms with Crippen molar-refractivity contribution in [1.82, 2.24) is 10.2 Å². The SMILES string of the molecule is CC(C)C(=O)N1CCC(C(=O)NC(C)c2cccc(Br)c2)CC1. The van der Waals surface area contributed by atoms with Crippen molar-refractivity contribution in [2.75, 3.05) is 13.1 Å². The van der Waals surface area contributed by atoms with Crippen LogP contribution in [0.5, 0.6) is 0 Å². The highest BCUT2D eigenvalue weighted by Crippen LogP contribution is 2.22. The molecule has 2 rings (SSSR count). The summed E-state index contributed by atoms with van der Waals surface area (Å²) in [6.07, 6.45) is 1.49. The van der Waals surface area contributed by atoms with Crippen LogP contribution in [0.25, 0.3) is 0 Å². The molecule has 1 N–H and O–H groups in total. The van der Waals surface area contributed by atoms with Crippen LogP contribution in [0.15, 0.2) is 28.7 Å². The van der Waals surface area contributed by atoms with Crippen LogP contribution in [-0.4, -0.2) is 29.8 Å². The van der Waals surface area contributed by atoms with E-state index in [2.05, 4.69) is 21.2 Å². The normalized spacial score (nSPS) is 17.2. The Labute approximate surface area is 146 Å². The fraction of sp³-hybridized carbons (Fsp3) is 0.556. The Morgan fingerprint density at radius 2 is 1.87 bits per heavy atom. The van der Waals surface area contributed by atoms with Crippen LogP contribution in [0.2, 0.25) is 0 Å². The number of carbonyl (C=O) groups is 2. The van der Waals surface area contributed by atoms with Crippen molar-refractivity contribution in [3.8, 4) is 0 Å². The number of likely N-dealkylation sites (tertiary alicyclic amines) is 1. The summed E-state index contributed by atoms with van der Waals surface area (Å²) in [5, 5.41) is 3.10. The highest BCUT2D eigenvalue weighted by atomic mass is 79.9. The molecule has 23 heavy (non-hydrogen) atoms. The van der Waals surface area contributed by atoms with Gasteiger partial charge >= 0.3 is 0 Å². The summed E-state index contributed by atoms with van der Waals surface area (Å²) in [4.78, 5) is 26.3. The predicted octanol–water partition coefficient (Wildman–Crippen LogP) is 3.52. The molecule has 5 heteroatoms. The molecule has 0 radical (unpaired) electrons. The summed E-state index contributed by atoms with van der Waals surface area (Å²) < 4.78 is 1.01. The Morgan fingerprint density at radius 1 is 1.22 bits per heavy atom. The number of benzene rings is 1. The molecule has 1 saturated heterocycles. The smallest absolute Gasteiger partial charge is 0.225 e. The lowest BCUT2D eigenvalue weighted by Crippen LogP contribution is -2.44. The lowest BCUT2D eigenvalue weighted by atomic mass is 9.94. The van der Waals surface area contributed by atoms with Gasteiger partial charge in [0.15, 0.2) is 0 Å². The molecule has 4 nitrogen and oxygen atoms in total. The van der Waals surface area contributed by atoms with Gasteiger partial charge in [-0.3, -0.25) is 9.59 Å². The average Bonchev–Trinajstić information content (AvgIpc) is 2.54. The third-order valence-corrected chi connectivity index (χ3v) is 4.87. The van der Waals surface area contributed by atoms with E-state index in [0.29, 0.717) is 13.1 Å². The van der Waals surface area contributed by atoms with Crippen LogP contribution in [0.3, 0.4) is 0 Å². The van der Waals surface area contributed by atoms with Crippen LogP contribution in [0.1, 0.15) is 45.2 Å². The predicted molar refractivity (Wildman–Crippen MR) is 94.8 cm³/mol. The molecule has 1 fully saturated rings. The Balaban J connectivity index is 1.87. The topological polar surface area (TPSA) is 49.4 Å². The first-order valence-corrected chi connectivity index (χ1v) is 9.02. The number of halogens is 1. The zero-order valence-electron chi connectivity index (χ0n) is 14.0. The largest absolute Gasteiger partial charge is 0.349 e. The van der Waals surface area contributed by atoms with E-state index >= 15 is 0 Å². The van der Waals surface area contributed by atoms with Crippen molar-refractivity contribution >= 4 is 27.7 Å². The van der Waals surface area contributed by atoms with Gasteiger partial charge in [-0.05, 0) is 37.5 Å². The molecule has 0 aromatic heterocycles. The van der Waals surface area contributed by atoms with Crippen LogP contribution < -0.4 is 5.32 Å². The summed E-state index contributed by atoms with van der Waals surface area (Å²) in [5.41, 5.74) is 1.08. The molecule has 0 aliphatic carbocycles. The van der Waals surface area contributed by atoms with Gasteiger partial charge in [-0.15, -0.1) is 0 Å². The Kier molecular flexibility index (Phi) is 6.22. The van der Waals surface area contributed by atoms with Gasteiger partial charge in [0.1, 0.15) is 0 Å². The van der Waals surface area contributed by atoms with Gasteiger partial charge < -0.3 is 10.2 Å². The minimum atomic E-state index is -0.0182. The van der Waals surface area contributed by atoms with Crippen molar-refractivity contribution in [1.29, 1.82) is 0 Å². The molecule has 0 bridgehead atoms. The quantitative estimate of drug-likeness (QED) is 0.868. The molecule has 1 aromatic carbocycles. The van der Waals surface area contributed by atoms with Gasteiger partial charge in [-0.25, -0.2) is 0 Å². The van der Waals surface area contributed by atoms with E-state index < -0.39 is 0 Å². The van der Waals surface area contributed by atoms with Crippen LogP contribution in [0, 0.1) is 11.8 Å². The van der Waals surface area contributed by atoms with E-state index in [1.807, 2.05) is 49.9 Å². The number of rotatable bonds is 4. The van der Waals surface area contributed by atoms with Crippen molar-refractivity contribution in [2.24, 2.45) is 11.8 Å². The molecular formula is C18H25BrN2O2. The number of nitrogens with one attached hydrogen (secondary N) is 1. The highest BCUT2D eigenvalue weighted by Gasteiger charge is 2.28. The molecule has 1 aliphatic heterocycles. The molecule has 1 atom stereocenters. The van der Waals surface area contributed by atoms with E-state index in [0.717, 1.165) is 22.9 Å². The van der Waals surface area contributed by atoms with E-state index in [1.54, 1.807) is 0 Å². The molecule has 1 heterocycles. The third kappa shape index (κ3) is 4.80. The number of nitrogens with zero attached hydrogens (tertiary/aromatic N) is 1. The molecule has 2 amide bonds. The summed E-state index contributed by atoms with van der Waals surface area (Å²) in [5.74, 6) is 0.304. The lowest BCUT2D eigenvalue weighted by Gasteiger charge is -2.33. The van der Waals surface area contributed by atoms with Gasteiger partial charge in [0.25, 0.3) is 0 Å². The first-order valence-electron chi connectivity index (χ1n) is 8.23. The summed E-state index contributed by atoms with van der Waals surface area (Å²) in [7, 11) is 0. The molecule has 0 spiro atoms. The molecule has 1 unspecified atom stereocenters. The maximum absolute atomic E-state index is 12.5. The zero-order chi connectivity index (χ0) is 17.0. The average molecular weight is 381 g/mol. The van der Waals surface area contributed by atoms with Gasteiger partial charge in [0.2, 0.25) is 11.8 Å². The number of piperidine rings is 1. The number of amides is 2. The maximum Gasteiger partial charge on any atom is 0.225 e. The fourth-order valence-electron chi connectivity index (χ4n) is 2.92. The van der Waals surface area contributed by atoms with E-state index in [1.165, 1.54) is 0 Å². The van der Waals surface area contributed by atoms with Gasteiger partial charge in [0.05, 0.1) is 6.04 Å². The molecule has 1 aromatic rings. The van der Waals surface area contributed by atoms with E-state index in [9.17, 15) is 9.59 Å². The molecular weight excluding hydrogens is 356 g/mol. The molecule has 0 saturated carbocycles. The number of hydrogen-bond acceptors (Lipinski definition) is 2.